The third-order valence-corrected chi connectivity index (χ3v) is 2.10. The van der Waals surface area contributed by atoms with Gasteiger partial charge in [-0.3, -0.25) is 9.48 Å². The molecule has 0 bridgehead atoms. The van der Waals surface area contributed by atoms with Crippen LogP contribution in [0.15, 0.2) is 18.5 Å². The van der Waals surface area contributed by atoms with E-state index in [1.165, 1.54) is 6.92 Å². The zero-order valence-electron chi connectivity index (χ0n) is 9.59. The lowest BCUT2D eigenvalue weighted by molar-refractivity contribution is -0.141. The van der Waals surface area contributed by atoms with Crippen LogP contribution in [0.3, 0.4) is 0 Å². The Bertz CT molecular complexity index is 364. The van der Waals surface area contributed by atoms with Gasteiger partial charge in [-0.1, -0.05) is 0 Å². The van der Waals surface area contributed by atoms with Crippen LogP contribution in [-0.2, 0) is 16.1 Å². The van der Waals surface area contributed by atoms with Gasteiger partial charge in [-0.25, -0.2) is 4.79 Å². The second kappa shape index (κ2) is 6.64. The van der Waals surface area contributed by atoms with Crippen molar-refractivity contribution in [1.29, 1.82) is 0 Å². The van der Waals surface area contributed by atoms with Gasteiger partial charge in [-0.15, -0.1) is 0 Å². The summed E-state index contributed by atoms with van der Waals surface area (Å²) in [6.07, 6.45) is 3.50. The van der Waals surface area contributed by atoms with Crippen molar-refractivity contribution >= 4 is 11.9 Å². The van der Waals surface area contributed by atoms with Gasteiger partial charge >= 0.3 is 5.97 Å². The Hall–Kier alpha value is -1.89. The van der Waals surface area contributed by atoms with Crippen LogP contribution in [0.4, 0.5) is 0 Å². The predicted molar refractivity (Wildman–Crippen MR) is 60.3 cm³/mol. The van der Waals surface area contributed by atoms with E-state index >= 15 is 0 Å². The van der Waals surface area contributed by atoms with E-state index in [1.54, 1.807) is 10.9 Å². The highest BCUT2D eigenvalue weighted by atomic mass is 16.4. The van der Waals surface area contributed by atoms with Crippen LogP contribution < -0.4 is 10.6 Å². The van der Waals surface area contributed by atoms with Gasteiger partial charge in [-0.05, 0) is 6.07 Å². The first-order valence-electron chi connectivity index (χ1n) is 5.27. The standard InChI is InChI=1S/C10H16N4O3/c1-8(15)13-9(10(16)17)7-11-4-6-14-5-2-3-12-14/h2-3,5,9,11H,4,6-7H2,1H3,(H,13,15)(H,16,17). The van der Waals surface area contributed by atoms with Crippen molar-refractivity contribution in [3.05, 3.63) is 18.5 Å². The Labute approximate surface area is 98.8 Å². The maximum atomic E-state index is 10.8. The predicted octanol–water partition coefficient (Wildman–Crippen LogP) is -0.938. The van der Waals surface area contributed by atoms with Crippen molar-refractivity contribution in [1.82, 2.24) is 20.4 Å². The SMILES string of the molecule is CC(=O)NC(CNCCn1cccn1)C(=O)O. The number of carbonyl (C=O) groups is 2. The van der Waals surface area contributed by atoms with Crippen molar-refractivity contribution in [2.45, 2.75) is 19.5 Å². The molecule has 3 N–H and O–H groups in total. The third-order valence-electron chi connectivity index (χ3n) is 2.10. The number of amides is 1. The van der Waals surface area contributed by atoms with E-state index in [9.17, 15) is 9.59 Å². The lowest BCUT2D eigenvalue weighted by atomic mass is 10.3. The van der Waals surface area contributed by atoms with Crippen LogP contribution in [0.2, 0.25) is 0 Å². The van der Waals surface area contributed by atoms with E-state index in [4.69, 9.17) is 5.11 Å². The van der Waals surface area contributed by atoms with E-state index in [1.807, 2.05) is 12.3 Å². The van der Waals surface area contributed by atoms with Gasteiger partial charge in [0.05, 0.1) is 6.54 Å². The average Bonchev–Trinajstić information content (AvgIpc) is 2.74. The van der Waals surface area contributed by atoms with Crippen molar-refractivity contribution in [2.24, 2.45) is 0 Å². The second-order valence-corrected chi connectivity index (χ2v) is 3.56. The fourth-order valence-electron chi connectivity index (χ4n) is 1.32. The first-order valence-corrected chi connectivity index (χ1v) is 5.27. The molecule has 0 aliphatic carbocycles. The molecule has 0 fully saturated rings. The molecule has 7 nitrogen and oxygen atoms in total. The number of aliphatic carboxylic acids is 1. The van der Waals surface area contributed by atoms with Gasteiger partial charge in [0.25, 0.3) is 0 Å². The number of carboxylic acids is 1. The van der Waals surface area contributed by atoms with Crippen molar-refractivity contribution in [3.8, 4) is 0 Å². The zero-order valence-corrected chi connectivity index (χ0v) is 9.59. The van der Waals surface area contributed by atoms with Crippen LogP contribution in [0.5, 0.6) is 0 Å². The minimum absolute atomic E-state index is 0.191. The molecule has 0 saturated carbocycles. The van der Waals surface area contributed by atoms with Crippen molar-refractivity contribution in [2.75, 3.05) is 13.1 Å². The molecule has 1 rings (SSSR count). The molecule has 1 heterocycles. The van der Waals surface area contributed by atoms with E-state index in [0.717, 1.165) is 0 Å². The highest BCUT2D eigenvalue weighted by Crippen LogP contribution is 1.85. The van der Waals surface area contributed by atoms with Gasteiger partial charge in [0.15, 0.2) is 0 Å². The molecule has 0 radical (unpaired) electrons. The number of carboxylic acid groups (broad SMARTS) is 1. The molecule has 94 valence electrons. The smallest absolute Gasteiger partial charge is 0.327 e. The summed E-state index contributed by atoms with van der Waals surface area (Å²) >= 11 is 0. The van der Waals surface area contributed by atoms with E-state index in [0.29, 0.717) is 13.1 Å². The molecule has 0 saturated heterocycles. The number of aromatic nitrogens is 2. The third kappa shape index (κ3) is 5.12. The zero-order chi connectivity index (χ0) is 12.7. The van der Waals surface area contributed by atoms with Crippen LogP contribution in [0.1, 0.15) is 6.92 Å². The summed E-state index contributed by atoms with van der Waals surface area (Å²) in [4.78, 5) is 21.5. The quantitative estimate of drug-likeness (QED) is 0.535. The summed E-state index contributed by atoms with van der Waals surface area (Å²) in [5.41, 5.74) is 0. The molecule has 1 aromatic rings. The topological polar surface area (TPSA) is 96.3 Å². The number of rotatable bonds is 7. The maximum absolute atomic E-state index is 10.8. The molecule has 1 unspecified atom stereocenters. The molecule has 0 aliphatic heterocycles. The Balaban J connectivity index is 2.23. The van der Waals surface area contributed by atoms with Gasteiger partial charge in [-0.2, -0.15) is 5.10 Å². The van der Waals surface area contributed by atoms with E-state index in [2.05, 4.69) is 15.7 Å². The summed E-state index contributed by atoms with van der Waals surface area (Å²) < 4.78 is 1.74. The summed E-state index contributed by atoms with van der Waals surface area (Å²) in [5.74, 6) is -1.40. The molecule has 0 aromatic carbocycles. The molecule has 17 heavy (non-hydrogen) atoms. The van der Waals surface area contributed by atoms with Crippen LogP contribution in [0.25, 0.3) is 0 Å². The number of hydrogen-bond acceptors (Lipinski definition) is 4. The van der Waals surface area contributed by atoms with Crippen LogP contribution in [0, 0.1) is 0 Å². The number of carbonyl (C=O) groups excluding carboxylic acids is 1. The van der Waals surface area contributed by atoms with Gasteiger partial charge in [0, 0.05) is 32.4 Å². The number of nitrogens with one attached hydrogen (secondary N) is 2. The lowest BCUT2D eigenvalue weighted by Crippen LogP contribution is -2.46. The largest absolute Gasteiger partial charge is 0.480 e. The fourth-order valence-corrected chi connectivity index (χ4v) is 1.32. The second-order valence-electron chi connectivity index (χ2n) is 3.56. The molecule has 0 spiro atoms. The monoisotopic (exact) mass is 240 g/mol. The lowest BCUT2D eigenvalue weighted by Gasteiger charge is -2.13. The maximum Gasteiger partial charge on any atom is 0.327 e. The first kappa shape index (κ1) is 13.2. The van der Waals surface area contributed by atoms with E-state index < -0.39 is 12.0 Å². The van der Waals surface area contributed by atoms with Gasteiger partial charge in [0.1, 0.15) is 6.04 Å². The Morgan fingerprint density at radius 2 is 2.29 bits per heavy atom. The highest BCUT2D eigenvalue weighted by molar-refractivity contribution is 5.82. The fraction of sp³-hybridized carbons (Fsp3) is 0.500. The first-order chi connectivity index (χ1) is 8.09. The van der Waals surface area contributed by atoms with Gasteiger partial charge < -0.3 is 15.7 Å². The summed E-state index contributed by atoms with van der Waals surface area (Å²) in [5, 5.41) is 18.1. The Morgan fingerprint density at radius 3 is 2.82 bits per heavy atom. The average molecular weight is 240 g/mol. The molecule has 0 aliphatic rings. The van der Waals surface area contributed by atoms with Gasteiger partial charge in [0.2, 0.25) is 5.91 Å². The van der Waals surface area contributed by atoms with Crippen LogP contribution >= 0.6 is 0 Å². The van der Waals surface area contributed by atoms with E-state index in [-0.39, 0.29) is 12.5 Å². The highest BCUT2D eigenvalue weighted by Gasteiger charge is 2.17. The summed E-state index contributed by atoms with van der Waals surface area (Å²) in [7, 11) is 0. The Kier molecular flexibility index (Phi) is 5.15. The minimum Gasteiger partial charge on any atom is -0.480 e. The molecule has 1 aromatic heterocycles. The Morgan fingerprint density at radius 1 is 1.53 bits per heavy atom. The molecular formula is C10H16N4O3. The number of nitrogens with zero attached hydrogens (tertiary/aromatic N) is 2. The normalized spacial score (nSPS) is 12.1. The van der Waals surface area contributed by atoms with Crippen LogP contribution in [-0.4, -0.2) is 45.9 Å². The summed E-state index contributed by atoms with van der Waals surface area (Å²) in [6, 6.07) is 0.919. The molecule has 7 heteroatoms. The summed E-state index contributed by atoms with van der Waals surface area (Å²) in [6.45, 7) is 2.72. The molecule has 1 atom stereocenters. The van der Waals surface area contributed by atoms with Crippen molar-refractivity contribution in [3.63, 3.8) is 0 Å². The number of hydrogen-bond donors (Lipinski definition) is 3. The molecular weight excluding hydrogens is 224 g/mol. The molecule has 1 amide bonds. The van der Waals surface area contributed by atoms with Crippen molar-refractivity contribution < 1.29 is 14.7 Å². The minimum atomic E-state index is -1.05.